The van der Waals surface area contributed by atoms with Crippen LogP contribution >= 0.6 is 0 Å². The molecule has 136 valence electrons. The summed E-state index contributed by atoms with van der Waals surface area (Å²) in [5.41, 5.74) is 8.56. The Balaban J connectivity index is 1.31. The van der Waals surface area contributed by atoms with Gasteiger partial charge < -0.3 is 20.3 Å². The number of benzene rings is 1. The third kappa shape index (κ3) is 3.40. The molecule has 0 radical (unpaired) electrons. The number of hydrogen-bond acceptors (Lipinski definition) is 4. The molecule has 2 saturated heterocycles. The maximum Gasteiger partial charge on any atom is 0.242 e. The van der Waals surface area contributed by atoms with E-state index in [0.29, 0.717) is 32.0 Å². The standard InChI is InChI=1S/C20H29N3O2/c21-20(8-13-25-14-9-20)19(24)22-10-5-16(6-11-22)15-23-12-7-17-3-1-2-4-18(17)23/h1-4,16H,5-15,21H2. The first-order valence-corrected chi connectivity index (χ1v) is 9.65. The fourth-order valence-corrected chi connectivity index (χ4v) is 4.49. The van der Waals surface area contributed by atoms with E-state index in [4.69, 9.17) is 10.5 Å². The summed E-state index contributed by atoms with van der Waals surface area (Å²) in [5, 5.41) is 0. The largest absolute Gasteiger partial charge is 0.381 e. The molecule has 0 aliphatic carbocycles. The average molecular weight is 343 g/mol. The number of nitrogens with two attached hydrogens (primary N) is 1. The Morgan fingerprint density at radius 1 is 1.16 bits per heavy atom. The number of para-hydroxylation sites is 1. The number of ether oxygens (including phenoxy) is 1. The molecule has 0 unspecified atom stereocenters. The van der Waals surface area contributed by atoms with Crippen molar-refractivity contribution < 1.29 is 9.53 Å². The number of hydrogen-bond donors (Lipinski definition) is 1. The van der Waals surface area contributed by atoms with Gasteiger partial charge in [-0.1, -0.05) is 18.2 Å². The second-order valence-electron chi connectivity index (χ2n) is 7.83. The van der Waals surface area contributed by atoms with Gasteiger partial charge in [0.2, 0.25) is 5.91 Å². The molecule has 25 heavy (non-hydrogen) atoms. The SMILES string of the molecule is NC1(C(=O)N2CCC(CN3CCc4ccccc43)CC2)CCOCC1. The van der Waals surface area contributed by atoms with Gasteiger partial charge in [0, 0.05) is 45.1 Å². The van der Waals surface area contributed by atoms with E-state index in [0.717, 1.165) is 45.4 Å². The molecule has 0 spiro atoms. The predicted molar refractivity (Wildman–Crippen MR) is 98.6 cm³/mol. The summed E-state index contributed by atoms with van der Waals surface area (Å²) in [6, 6.07) is 8.74. The van der Waals surface area contributed by atoms with Gasteiger partial charge in [0.05, 0.1) is 5.54 Å². The number of rotatable bonds is 3. The second-order valence-corrected chi connectivity index (χ2v) is 7.83. The van der Waals surface area contributed by atoms with Crippen LogP contribution in [0.25, 0.3) is 0 Å². The molecule has 5 heteroatoms. The quantitative estimate of drug-likeness (QED) is 0.909. The number of piperidine rings is 1. The molecule has 3 aliphatic heterocycles. The number of amides is 1. The summed E-state index contributed by atoms with van der Waals surface area (Å²) in [4.78, 5) is 17.4. The summed E-state index contributed by atoms with van der Waals surface area (Å²) in [7, 11) is 0. The minimum Gasteiger partial charge on any atom is -0.381 e. The summed E-state index contributed by atoms with van der Waals surface area (Å²) in [5.74, 6) is 0.805. The van der Waals surface area contributed by atoms with Crippen molar-refractivity contribution in [3.05, 3.63) is 29.8 Å². The first kappa shape index (κ1) is 16.9. The highest BCUT2D eigenvalue weighted by Gasteiger charge is 2.40. The Labute approximate surface area is 150 Å². The molecule has 3 heterocycles. The lowest BCUT2D eigenvalue weighted by atomic mass is 9.88. The van der Waals surface area contributed by atoms with Crippen LogP contribution in [0.15, 0.2) is 24.3 Å². The highest BCUT2D eigenvalue weighted by molar-refractivity contribution is 5.86. The van der Waals surface area contributed by atoms with Crippen molar-refractivity contribution >= 4 is 11.6 Å². The normalized spacial score (nSPS) is 23.6. The highest BCUT2D eigenvalue weighted by Crippen LogP contribution is 2.30. The van der Waals surface area contributed by atoms with Crippen LogP contribution in [0.4, 0.5) is 5.69 Å². The van der Waals surface area contributed by atoms with Gasteiger partial charge in [-0.3, -0.25) is 4.79 Å². The fraction of sp³-hybridized carbons (Fsp3) is 0.650. The average Bonchev–Trinajstić information content (AvgIpc) is 3.05. The summed E-state index contributed by atoms with van der Waals surface area (Å²) < 4.78 is 5.37. The van der Waals surface area contributed by atoms with Crippen LogP contribution in [0, 0.1) is 5.92 Å². The minimum atomic E-state index is -0.695. The van der Waals surface area contributed by atoms with Gasteiger partial charge in [-0.15, -0.1) is 0 Å². The van der Waals surface area contributed by atoms with Crippen molar-refractivity contribution in [3.63, 3.8) is 0 Å². The summed E-state index contributed by atoms with van der Waals surface area (Å²) >= 11 is 0. The molecule has 1 aromatic carbocycles. The molecule has 4 rings (SSSR count). The van der Waals surface area contributed by atoms with Gasteiger partial charge in [0.15, 0.2) is 0 Å². The van der Waals surface area contributed by atoms with Crippen LogP contribution in [0.3, 0.4) is 0 Å². The molecule has 0 saturated carbocycles. The Kier molecular flexibility index (Phi) is 4.69. The number of likely N-dealkylation sites (tertiary alicyclic amines) is 1. The number of fused-ring (bicyclic) bond motifs is 1. The molecular formula is C20H29N3O2. The lowest BCUT2D eigenvalue weighted by Gasteiger charge is -2.40. The lowest BCUT2D eigenvalue weighted by molar-refractivity contribution is -0.142. The molecular weight excluding hydrogens is 314 g/mol. The van der Waals surface area contributed by atoms with E-state index in [1.807, 2.05) is 4.90 Å². The van der Waals surface area contributed by atoms with Gasteiger partial charge >= 0.3 is 0 Å². The molecule has 5 nitrogen and oxygen atoms in total. The molecule has 2 fully saturated rings. The van der Waals surface area contributed by atoms with E-state index in [1.165, 1.54) is 11.3 Å². The van der Waals surface area contributed by atoms with Crippen molar-refractivity contribution in [3.8, 4) is 0 Å². The fourth-order valence-electron chi connectivity index (χ4n) is 4.49. The molecule has 1 amide bonds. The van der Waals surface area contributed by atoms with E-state index in [2.05, 4.69) is 29.2 Å². The van der Waals surface area contributed by atoms with Crippen LogP contribution in [0.1, 0.15) is 31.2 Å². The van der Waals surface area contributed by atoms with Gasteiger partial charge in [0.25, 0.3) is 0 Å². The molecule has 3 aliphatic rings. The molecule has 1 aromatic rings. The Morgan fingerprint density at radius 2 is 1.88 bits per heavy atom. The van der Waals surface area contributed by atoms with E-state index in [1.54, 1.807) is 0 Å². The Morgan fingerprint density at radius 3 is 2.64 bits per heavy atom. The second kappa shape index (κ2) is 6.96. The van der Waals surface area contributed by atoms with Crippen molar-refractivity contribution in [1.29, 1.82) is 0 Å². The lowest BCUT2D eigenvalue weighted by Crippen LogP contribution is -2.59. The summed E-state index contributed by atoms with van der Waals surface area (Å²) in [6.45, 7) is 5.14. The zero-order valence-corrected chi connectivity index (χ0v) is 15.0. The Hall–Kier alpha value is -1.59. The van der Waals surface area contributed by atoms with Crippen molar-refractivity contribution in [1.82, 2.24) is 4.90 Å². The maximum absolute atomic E-state index is 12.8. The van der Waals surface area contributed by atoms with Crippen LogP contribution in [-0.2, 0) is 16.0 Å². The zero-order valence-electron chi connectivity index (χ0n) is 15.0. The highest BCUT2D eigenvalue weighted by atomic mass is 16.5. The van der Waals surface area contributed by atoms with Crippen LogP contribution in [0.5, 0.6) is 0 Å². The van der Waals surface area contributed by atoms with Gasteiger partial charge in [-0.25, -0.2) is 0 Å². The van der Waals surface area contributed by atoms with Crippen molar-refractivity contribution in [2.45, 2.75) is 37.6 Å². The van der Waals surface area contributed by atoms with Gasteiger partial charge in [-0.05, 0) is 49.7 Å². The smallest absolute Gasteiger partial charge is 0.242 e. The van der Waals surface area contributed by atoms with E-state index < -0.39 is 5.54 Å². The molecule has 2 N–H and O–H groups in total. The van der Waals surface area contributed by atoms with Gasteiger partial charge in [0.1, 0.15) is 0 Å². The Bertz CT molecular complexity index is 619. The first-order valence-electron chi connectivity index (χ1n) is 9.65. The van der Waals surface area contributed by atoms with E-state index >= 15 is 0 Å². The number of carbonyl (C=O) groups excluding carboxylic acids is 1. The molecule has 0 aromatic heterocycles. The predicted octanol–water partition coefficient (Wildman–Crippen LogP) is 1.80. The van der Waals surface area contributed by atoms with Crippen molar-refractivity contribution in [2.75, 3.05) is 44.3 Å². The third-order valence-corrected chi connectivity index (χ3v) is 6.17. The molecule has 0 atom stereocenters. The zero-order chi connectivity index (χ0) is 17.3. The van der Waals surface area contributed by atoms with E-state index in [9.17, 15) is 4.79 Å². The van der Waals surface area contributed by atoms with Crippen LogP contribution in [0.2, 0.25) is 0 Å². The number of anilines is 1. The topological polar surface area (TPSA) is 58.8 Å². The van der Waals surface area contributed by atoms with E-state index in [-0.39, 0.29) is 5.91 Å². The third-order valence-electron chi connectivity index (χ3n) is 6.17. The van der Waals surface area contributed by atoms with Crippen molar-refractivity contribution in [2.24, 2.45) is 11.7 Å². The monoisotopic (exact) mass is 343 g/mol. The summed E-state index contributed by atoms with van der Waals surface area (Å²) in [6.07, 6.45) is 4.62. The van der Waals surface area contributed by atoms with Crippen LogP contribution in [-0.4, -0.2) is 55.7 Å². The number of nitrogens with zero attached hydrogens (tertiary/aromatic N) is 2. The van der Waals surface area contributed by atoms with Gasteiger partial charge in [-0.2, -0.15) is 0 Å². The van der Waals surface area contributed by atoms with Crippen LogP contribution < -0.4 is 10.6 Å². The molecule has 0 bridgehead atoms. The first-order chi connectivity index (χ1) is 12.2. The number of carbonyl (C=O) groups is 1. The minimum absolute atomic E-state index is 0.140. The maximum atomic E-state index is 12.8.